The Kier molecular flexibility index (Phi) is 5.58. The summed E-state index contributed by atoms with van der Waals surface area (Å²) in [6, 6.07) is 8.96. The number of amides is 4. The molecule has 1 aromatic heterocycles. The minimum absolute atomic E-state index is 0.401. The third-order valence-corrected chi connectivity index (χ3v) is 5.12. The number of aromatic nitrogens is 1. The molecule has 1 fully saturated rings. The first-order valence-corrected chi connectivity index (χ1v) is 9.28. The Morgan fingerprint density at radius 3 is 2.68 bits per heavy atom. The number of carbonyl (C=O) groups excluding carboxylic acids is 3. The molecule has 28 heavy (non-hydrogen) atoms. The van der Waals surface area contributed by atoms with Crippen LogP contribution in [0.4, 0.5) is 4.79 Å². The molecule has 1 aliphatic rings. The molecule has 2 N–H and O–H groups in total. The Labute approximate surface area is 172 Å². The Balaban J connectivity index is 1.70. The van der Waals surface area contributed by atoms with Gasteiger partial charge < -0.3 is 10.6 Å². The van der Waals surface area contributed by atoms with Gasteiger partial charge in [0.25, 0.3) is 5.91 Å². The first-order chi connectivity index (χ1) is 13.2. The molecular weight excluding hydrogens is 403 g/mol. The molecule has 2 atom stereocenters. The number of imide groups is 1. The molecule has 146 valence electrons. The van der Waals surface area contributed by atoms with Crippen LogP contribution in [-0.2, 0) is 15.1 Å². The van der Waals surface area contributed by atoms with Crippen LogP contribution in [0.5, 0.6) is 0 Å². The summed E-state index contributed by atoms with van der Waals surface area (Å²) in [6.45, 7) is 2.89. The summed E-state index contributed by atoms with van der Waals surface area (Å²) in [5.74, 6) is -1.03. The van der Waals surface area contributed by atoms with Crippen molar-refractivity contribution < 1.29 is 14.4 Å². The molecule has 1 saturated heterocycles. The molecule has 3 rings (SSSR count). The standard InChI is InChI=1S/C19H18Cl2N4O3/c1-11(13-7-6-12(20)9-14(13)21)23-16(26)10-25-17(27)19(2,24-18(25)28)15-5-3-4-8-22-15/h3-9,11H,10H2,1-2H3,(H,23,26)(H,24,28)/t11-,19+/m0/s1. The summed E-state index contributed by atoms with van der Waals surface area (Å²) in [7, 11) is 0. The molecule has 4 amide bonds. The first kappa shape index (κ1) is 20.1. The third kappa shape index (κ3) is 3.81. The maximum atomic E-state index is 12.8. The molecule has 7 nitrogen and oxygen atoms in total. The molecule has 2 heterocycles. The van der Waals surface area contributed by atoms with Gasteiger partial charge in [-0.15, -0.1) is 0 Å². The molecule has 9 heteroatoms. The number of halogens is 2. The van der Waals surface area contributed by atoms with Gasteiger partial charge in [0.1, 0.15) is 6.54 Å². The van der Waals surface area contributed by atoms with Crippen molar-refractivity contribution in [1.82, 2.24) is 20.5 Å². The van der Waals surface area contributed by atoms with Gasteiger partial charge in [-0.1, -0.05) is 35.3 Å². The highest BCUT2D eigenvalue weighted by Crippen LogP contribution is 2.28. The fourth-order valence-corrected chi connectivity index (χ4v) is 3.61. The molecule has 1 aliphatic heterocycles. The average Bonchev–Trinajstić information content (AvgIpc) is 2.86. The second-order valence-electron chi connectivity index (χ2n) is 6.62. The van der Waals surface area contributed by atoms with E-state index in [4.69, 9.17) is 23.2 Å². The number of nitrogens with zero attached hydrogens (tertiary/aromatic N) is 2. The lowest BCUT2D eigenvalue weighted by Crippen LogP contribution is -2.44. The second-order valence-corrected chi connectivity index (χ2v) is 7.46. The zero-order valence-electron chi connectivity index (χ0n) is 15.2. The molecule has 1 aromatic carbocycles. The molecule has 2 aromatic rings. The smallest absolute Gasteiger partial charge is 0.325 e. The molecular formula is C19H18Cl2N4O3. The normalized spacial score (nSPS) is 20.1. The quantitative estimate of drug-likeness (QED) is 0.727. The summed E-state index contributed by atoms with van der Waals surface area (Å²) in [5, 5.41) is 6.25. The molecule has 0 unspecified atom stereocenters. The van der Waals surface area contributed by atoms with Crippen molar-refractivity contribution in [2.24, 2.45) is 0 Å². The maximum Gasteiger partial charge on any atom is 0.325 e. The summed E-state index contributed by atoms with van der Waals surface area (Å²) >= 11 is 12.0. The van der Waals surface area contributed by atoms with E-state index in [0.29, 0.717) is 21.3 Å². The zero-order chi connectivity index (χ0) is 20.5. The largest absolute Gasteiger partial charge is 0.348 e. The van der Waals surface area contributed by atoms with Gasteiger partial charge in [-0.2, -0.15) is 0 Å². The van der Waals surface area contributed by atoms with Crippen molar-refractivity contribution in [1.29, 1.82) is 0 Å². The minimum Gasteiger partial charge on any atom is -0.348 e. The van der Waals surface area contributed by atoms with Gasteiger partial charge in [-0.05, 0) is 43.7 Å². The summed E-state index contributed by atoms with van der Waals surface area (Å²) in [5.41, 5.74) is -0.239. The summed E-state index contributed by atoms with van der Waals surface area (Å²) in [4.78, 5) is 42.6. The van der Waals surface area contributed by atoms with Crippen LogP contribution in [0.3, 0.4) is 0 Å². The minimum atomic E-state index is -1.32. The first-order valence-electron chi connectivity index (χ1n) is 8.52. The lowest BCUT2D eigenvalue weighted by atomic mass is 9.97. The maximum absolute atomic E-state index is 12.8. The number of urea groups is 1. The van der Waals surface area contributed by atoms with Crippen LogP contribution in [0.2, 0.25) is 10.0 Å². The number of hydrogen-bond donors (Lipinski definition) is 2. The van der Waals surface area contributed by atoms with Crippen molar-refractivity contribution in [2.75, 3.05) is 6.54 Å². The van der Waals surface area contributed by atoms with Gasteiger partial charge in [-0.3, -0.25) is 19.5 Å². The van der Waals surface area contributed by atoms with Gasteiger partial charge >= 0.3 is 6.03 Å². The number of hydrogen-bond acceptors (Lipinski definition) is 4. The molecule has 0 aliphatic carbocycles. The van der Waals surface area contributed by atoms with Crippen LogP contribution in [0, 0.1) is 0 Å². The Bertz CT molecular complexity index is 938. The van der Waals surface area contributed by atoms with E-state index in [1.165, 1.54) is 6.20 Å². The Hall–Kier alpha value is -2.64. The van der Waals surface area contributed by atoms with E-state index < -0.39 is 36.0 Å². The molecule has 0 saturated carbocycles. The topological polar surface area (TPSA) is 91.4 Å². The van der Waals surface area contributed by atoms with Gasteiger partial charge in [0.05, 0.1) is 11.7 Å². The van der Waals surface area contributed by atoms with Crippen LogP contribution < -0.4 is 10.6 Å². The molecule has 0 bridgehead atoms. The van der Waals surface area contributed by atoms with E-state index in [1.54, 1.807) is 50.2 Å². The van der Waals surface area contributed by atoms with E-state index in [9.17, 15) is 14.4 Å². The van der Waals surface area contributed by atoms with Crippen molar-refractivity contribution in [3.8, 4) is 0 Å². The van der Waals surface area contributed by atoms with Gasteiger partial charge in [0.2, 0.25) is 5.91 Å². The van der Waals surface area contributed by atoms with Gasteiger partial charge in [-0.25, -0.2) is 4.79 Å². The number of carbonyl (C=O) groups is 3. The SMILES string of the molecule is C[C@H](NC(=O)CN1C(=O)N[C@](C)(c2ccccn2)C1=O)c1ccc(Cl)cc1Cl. The van der Waals surface area contributed by atoms with Crippen molar-refractivity contribution in [3.63, 3.8) is 0 Å². The summed E-state index contributed by atoms with van der Waals surface area (Å²) in [6.07, 6.45) is 1.53. The fourth-order valence-electron chi connectivity index (χ4n) is 3.03. The number of pyridine rings is 1. The summed E-state index contributed by atoms with van der Waals surface area (Å²) < 4.78 is 0. The highest BCUT2D eigenvalue weighted by molar-refractivity contribution is 6.35. The van der Waals surface area contributed by atoms with E-state index in [2.05, 4.69) is 15.6 Å². The molecule has 0 radical (unpaired) electrons. The van der Waals surface area contributed by atoms with Crippen molar-refractivity contribution in [2.45, 2.75) is 25.4 Å². The van der Waals surface area contributed by atoms with Crippen LogP contribution in [0.25, 0.3) is 0 Å². The van der Waals surface area contributed by atoms with Crippen LogP contribution >= 0.6 is 23.2 Å². The third-order valence-electron chi connectivity index (χ3n) is 4.56. The van der Waals surface area contributed by atoms with Crippen LogP contribution in [-0.4, -0.2) is 34.3 Å². The lowest BCUT2D eigenvalue weighted by Gasteiger charge is -2.21. The van der Waals surface area contributed by atoms with Crippen molar-refractivity contribution >= 4 is 41.0 Å². The Morgan fingerprint density at radius 2 is 2.04 bits per heavy atom. The lowest BCUT2D eigenvalue weighted by molar-refractivity contribution is -0.135. The van der Waals surface area contributed by atoms with Gasteiger partial charge in [0.15, 0.2) is 5.54 Å². The second kappa shape index (κ2) is 7.77. The average molecular weight is 421 g/mol. The van der Waals surface area contributed by atoms with E-state index in [-0.39, 0.29) is 0 Å². The number of rotatable bonds is 5. The highest BCUT2D eigenvalue weighted by atomic mass is 35.5. The fraction of sp³-hybridized carbons (Fsp3) is 0.263. The molecule has 0 spiro atoms. The van der Waals surface area contributed by atoms with E-state index in [1.807, 2.05) is 0 Å². The van der Waals surface area contributed by atoms with E-state index in [0.717, 1.165) is 4.90 Å². The zero-order valence-corrected chi connectivity index (χ0v) is 16.7. The van der Waals surface area contributed by atoms with Crippen LogP contribution in [0.1, 0.15) is 31.1 Å². The predicted molar refractivity (Wildman–Crippen MR) is 105 cm³/mol. The number of benzene rings is 1. The van der Waals surface area contributed by atoms with E-state index >= 15 is 0 Å². The Morgan fingerprint density at radius 1 is 1.29 bits per heavy atom. The monoisotopic (exact) mass is 420 g/mol. The van der Waals surface area contributed by atoms with Gasteiger partial charge in [0, 0.05) is 16.2 Å². The highest BCUT2D eigenvalue weighted by Gasteiger charge is 2.50. The van der Waals surface area contributed by atoms with Crippen molar-refractivity contribution in [3.05, 3.63) is 63.9 Å². The van der Waals surface area contributed by atoms with Crippen LogP contribution in [0.15, 0.2) is 42.6 Å². The predicted octanol–water partition coefficient (Wildman–Crippen LogP) is 3.03. The number of nitrogens with one attached hydrogen (secondary N) is 2.